The van der Waals surface area contributed by atoms with Gasteiger partial charge in [-0.15, -0.1) is 0 Å². The van der Waals surface area contributed by atoms with Crippen LogP contribution in [0.3, 0.4) is 0 Å². The van der Waals surface area contributed by atoms with Crippen LogP contribution in [0.2, 0.25) is 0 Å². The number of aliphatic hydroxyl groups excluding tert-OH is 2. The van der Waals surface area contributed by atoms with E-state index in [9.17, 15) is 44.1 Å². The number of aromatic nitrogens is 1. The number of esters is 1. The molecule has 0 spiro atoms. The molecule has 1 aromatic carbocycles. The van der Waals surface area contributed by atoms with Gasteiger partial charge in [0.25, 0.3) is 5.91 Å². The monoisotopic (exact) mass is 658 g/mol. The molecule has 1 fully saturated rings. The second-order valence-corrected chi connectivity index (χ2v) is 12.0. The molecule has 6 unspecified atom stereocenters. The lowest BCUT2D eigenvalue weighted by atomic mass is 9.87. The number of carboxylic acid groups (broad SMARTS) is 1. The van der Waals surface area contributed by atoms with Gasteiger partial charge in [0.05, 0.1) is 25.2 Å². The van der Waals surface area contributed by atoms with Crippen LogP contribution in [0.15, 0.2) is 30.5 Å². The van der Waals surface area contributed by atoms with E-state index in [1.54, 1.807) is 24.3 Å². The Morgan fingerprint density at radius 3 is 2.28 bits per heavy atom. The summed E-state index contributed by atoms with van der Waals surface area (Å²) in [5.41, 5.74) is 0.619. The Bertz CT molecular complexity index is 1410. The van der Waals surface area contributed by atoms with Crippen molar-refractivity contribution in [3.05, 3.63) is 36.0 Å². The van der Waals surface area contributed by atoms with Gasteiger partial charge in [-0.25, -0.2) is 4.79 Å². The number of fused-ring (bicyclic) bond motifs is 1. The highest BCUT2D eigenvalue weighted by molar-refractivity contribution is 6.20. The number of aliphatic carboxylic acids is 1. The zero-order valence-electron chi connectivity index (χ0n) is 26.8. The number of carbonyl (C=O) groups is 6. The number of amides is 3. The van der Waals surface area contributed by atoms with Gasteiger partial charge in [-0.1, -0.05) is 70.6 Å². The molecular formula is C33H46N4O10. The van der Waals surface area contributed by atoms with Crippen molar-refractivity contribution in [2.24, 2.45) is 11.8 Å². The van der Waals surface area contributed by atoms with Crippen molar-refractivity contribution in [1.29, 1.82) is 0 Å². The smallest absolute Gasteiger partial charge is 0.331 e. The number of hydrogen-bond acceptors (Lipinski definition) is 9. The van der Waals surface area contributed by atoms with Gasteiger partial charge in [0.15, 0.2) is 17.9 Å². The van der Waals surface area contributed by atoms with Crippen LogP contribution in [0.5, 0.6) is 0 Å². The number of ketones is 1. The normalized spacial score (nSPS) is 24.8. The highest BCUT2D eigenvalue weighted by Crippen LogP contribution is 2.23. The van der Waals surface area contributed by atoms with Gasteiger partial charge in [-0.05, 0) is 18.9 Å². The fourth-order valence-corrected chi connectivity index (χ4v) is 5.59. The van der Waals surface area contributed by atoms with E-state index in [0.717, 1.165) is 32.1 Å². The molecule has 0 saturated carbocycles. The van der Waals surface area contributed by atoms with Crippen LogP contribution in [0.4, 0.5) is 0 Å². The van der Waals surface area contributed by atoms with E-state index < -0.39 is 84.5 Å². The summed E-state index contributed by atoms with van der Waals surface area (Å²) in [4.78, 5) is 81.6. The molecule has 0 radical (unpaired) electrons. The summed E-state index contributed by atoms with van der Waals surface area (Å²) < 4.78 is 5.42. The molecule has 0 bridgehead atoms. The predicted molar refractivity (Wildman–Crippen MR) is 170 cm³/mol. The largest absolute Gasteiger partial charge is 0.481 e. The number of hydrogen-bond donors (Lipinski definition) is 7. The van der Waals surface area contributed by atoms with Crippen molar-refractivity contribution in [1.82, 2.24) is 20.9 Å². The lowest BCUT2D eigenvalue weighted by molar-refractivity contribution is -0.152. The van der Waals surface area contributed by atoms with E-state index in [1.165, 1.54) is 13.1 Å². The van der Waals surface area contributed by atoms with Crippen molar-refractivity contribution in [3.63, 3.8) is 0 Å². The van der Waals surface area contributed by atoms with Gasteiger partial charge < -0.3 is 41.0 Å². The molecule has 14 nitrogen and oxygen atoms in total. The first kappa shape index (κ1) is 37.2. The summed E-state index contributed by atoms with van der Waals surface area (Å²) in [6.07, 6.45) is 5.28. The minimum absolute atomic E-state index is 0.0440. The van der Waals surface area contributed by atoms with Gasteiger partial charge in [-0.3, -0.25) is 24.0 Å². The van der Waals surface area contributed by atoms with Gasteiger partial charge in [0.2, 0.25) is 11.8 Å². The fourth-order valence-electron chi connectivity index (χ4n) is 5.59. The van der Waals surface area contributed by atoms with Crippen LogP contribution in [0.25, 0.3) is 10.9 Å². The molecule has 258 valence electrons. The number of unbranched alkanes of at least 4 members (excludes halogenated alkanes) is 5. The molecule has 47 heavy (non-hydrogen) atoms. The van der Waals surface area contributed by atoms with Crippen molar-refractivity contribution in [3.8, 4) is 0 Å². The lowest BCUT2D eigenvalue weighted by Gasteiger charge is -2.28. The Labute approximate surface area is 273 Å². The van der Waals surface area contributed by atoms with Crippen LogP contribution in [-0.4, -0.2) is 93.2 Å². The van der Waals surface area contributed by atoms with E-state index in [0.29, 0.717) is 23.7 Å². The Morgan fingerprint density at radius 2 is 1.57 bits per heavy atom. The minimum atomic E-state index is -1.94. The van der Waals surface area contributed by atoms with Crippen LogP contribution in [0.1, 0.15) is 82.0 Å². The molecule has 2 aromatic rings. The lowest BCUT2D eigenvalue weighted by Crippen LogP contribution is -2.59. The zero-order chi connectivity index (χ0) is 34.5. The van der Waals surface area contributed by atoms with Crippen molar-refractivity contribution < 1.29 is 48.8 Å². The SMILES string of the molecule is CCCCCCCCC1COC(=O)C(CO)NC(=O)C(C(=O)c2c[nH]c3ccccc23)NC(=O)C(CCC(=O)O)NC(=O)C(C)C1O. The van der Waals surface area contributed by atoms with E-state index in [-0.39, 0.29) is 18.6 Å². The highest BCUT2D eigenvalue weighted by Gasteiger charge is 2.38. The number of nitrogens with one attached hydrogen (secondary N) is 4. The van der Waals surface area contributed by atoms with Crippen LogP contribution >= 0.6 is 0 Å². The molecule has 3 amide bonds. The van der Waals surface area contributed by atoms with Crippen molar-refractivity contribution in [2.75, 3.05) is 13.2 Å². The topological polar surface area (TPSA) is 224 Å². The third-order valence-electron chi connectivity index (χ3n) is 8.51. The molecular weight excluding hydrogens is 612 g/mol. The van der Waals surface area contributed by atoms with Crippen molar-refractivity contribution >= 4 is 46.3 Å². The third-order valence-corrected chi connectivity index (χ3v) is 8.51. The first-order valence-corrected chi connectivity index (χ1v) is 16.2. The first-order chi connectivity index (χ1) is 22.5. The second-order valence-electron chi connectivity index (χ2n) is 12.0. The summed E-state index contributed by atoms with van der Waals surface area (Å²) in [5, 5.41) is 38.0. The van der Waals surface area contributed by atoms with E-state index in [1.807, 2.05) is 0 Å². The molecule has 1 aromatic heterocycles. The maximum Gasteiger partial charge on any atom is 0.331 e. The van der Waals surface area contributed by atoms with Crippen molar-refractivity contribution in [2.45, 2.75) is 95.9 Å². The molecule has 1 saturated heterocycles. The number of H-pyrrole nitrogens is 1. The summed E-state index contributed by atoms with van der Waals surface area (Å²) in [7, 11) is 0. The van der Waals surface area contributed by atoms with E-state index in [2.05, 4.69) is 27.9 Å². The molecule has 6 atom stereocenters. The quantitative estimate of drug-likeness (QED) is 0.0712. The molecule has 0 aliphatic carbocycles. The Hall–Kier alpha value is -4.30. The number of carboxylic acids is 1. The molecule has 14 heteroatoms. The molecule has 1 aliphatic heterocycles. The maximum atomic E-state index is 13.8. The number of ether oxygens (including phenoxy) is 1. The second kappa shape index (κ2) is 18.1. The average Bonchev–Trinajstić information content (AvgIpc) is 3.49. The Kier molecular flexibility index (Phi) is 14.3. The average molecular weight is 659 g/mol. The number of rotatable bonds is 13. The molecule has 7 N–H and O–H groups in total. The van der Waals surface area contributed by atoms with Gasteiger partial charge in [-0.2, -0.15) is 0 Å². The first-order valence-electron chi connectivity index (χ1n) is 16.2. The van der Waals surface area contributed by atoms with E-state index >= 15 is 0 Å². The van der Waals surface area contributed by atoms with Gasteiger partial charge in [0, 0.05) is 35.0 Å². The highest BCUT2D eigenvalue weighted by atomic mass is 16.5. The number of Topliss-reactive ketones (excluding diaryl/α,β-unsaturated/α-hetero) is 1. The zero-order valence-corrected chi connectivity index (χ0v) is 26.8. The molecule has 2 heterocycles. The molecule has 1 aliphatic rings. The standard InChI is InChI=1S/C33H46N4O10/c1-3-4-5-6-7-8-11-20-18-47-33(46)25(17-38)36-32(45)27(29(42)22-16-34-23-13-10-9-12-21(22)23)37-31(44)24(14-15-26(39)40)35-30(43)19(2)28(20)41/h9-10,12-13,16,19-20,24-25,27-28,34,38,41H,3-8,11,14-15,17-18H2,1-2H3,(H,35,43)(H,36,45)(H,37,44)(H,39,40). The summed E-state index contributed by atoms with van der Waals surface area (Å²) in [6.45, 7) is 2.32. The Morgan fingerprint density at radius 1 is 0.894 bits per heavy atom. The van der Waals surface area contributed by atoms with Crippen LogP contribution in [0, 0.1) is 11.8 Å². The number of benzene rings is 1. The number of aromatic amines is 1. The van der Waals surface area contributed by atoms with Gasteiger partial charge >= 0.3 is 11.9 Å². The summed E-state index contributed by atoms with van der Waals surface area (Å²) in [5.74, 6) is -7.90. The summed E-state index contributed by atoms with van der Waals surface area (Å²) >= 11 is 0. The predicted octanol–water partition coefficient (Wildman–Crippen LogP) is 1.58. The minimum Gasteiger partial charge on any atom is -0.481 e. The number of aliphatic hydroxyl groups is 2. The van der Waals surface area contributed by atoms with E-state index in [4.69, 9.17) is 4.74 Å². The number of para-hydroxylation sites is 1. The Balaban J connectivity index is 1.95. The number of carbonyl (C=O) groups excluding carboxylic acids is 5. The molecule has 3 rings (SSSR count). The van der Waals surface area contributed by atoms with Crippen LogP contribution in [-0.2, 0) is 28.7 Å². The summed E-state index contributed by atoms with van der Waals surface area (Å²) in [6, 6.07) is 1.68. The third kappa shape index (κ3) is 10.3. The maximum absolute atomic E-state index is 13.8. The van der Waals surface area contributed by atoms with Gasteiger partial charge in [0.1, 0.15) is 6.04 Å². The van der Waals surface area contributed by atoms with Crippen LogP contribution < -0.4 is 16.0 Å². The number of cyclic esters (lactones) is 1. The fraction of sp³-hybridized carbons (Fsp3) is 0.576.